The fraction of sp³-hybridized carbons (Fsp3) is 0.0526. The second-order valence-corrected chi connectivity index (χ2v) is 6.19. The Balaban J connectivity index is 0.000000275. The molecule has 0 aliphatic heterocycles. The molecule has 9 nitrogen and oxygen atoms in total. The molecule has 5 rings (SSSR count). The maximum absolute atomic E-state index is 11.1. The zero-order chi connectivity index (χ0) is 19.7. The van der Waals surface area contributed by atoms with Gasteiger partial charge in [-0.25, -0.2) is 19.9 Å². The second kappa shape index (κ2) is 6.88. The van der Waals surface area contributed by atoms with E-state index in [1.807, 2.05) is 36.0 Å². The van der Waals surface area contributed by atoms with Crippen LogP contribution in [0.4, 0.5) is 5.95 Å². The molecule has 4 heterocycles. The van der Waals surface area contributed by atoms with E-state index < -0.39 is 5.97 Å². The summed E-state index contributed by atoms with van der Waals surface area (Å²) >= 11 is 0. The van der Waals surface area contributed by atoms with Gasteiger partial charge in [0.15, 0.2) is 0 Å². The van der Waals surface area contributed by atoms with Crippen molar-refractivity contribution in [1.29, 1.82) is 0 Å². The molecule has 4 aromatic heterocycles. The number of nitrogen functional groups attached to an aromatic ring is 1. The lowest BCUT2D eigenvalue weighted by Crippen LogP contribution is -1.96. The summed E-state index contributed by atoms with van der Waals surface area (Å²) < 4.78 is 1.94. The molecular formula is C19H17N7O2. The number of nitrogens with two attached hydrogens (primary N) is 1. The van der Waals surface area contributed by atoms with E-state index in [0.29, 0.717) is 11.5 Å². The Morgan fingerprint density at radius 3 is 2.71 bits per heavy atom. The smallest absolute Gasteiger partial charge is 0.335 e. The van der Waals surface area contributed by atoms with Crippen molar-refractivity contribution in [3.8, 4) is 11.3 Å². The molecule has 0 amide bonds. The van der Waals surface area contributed by atoms with Crippen molar-refractivity contribution in [2.75, 3.05) is 5.73 Å². The molecule has 9 heteroatoms. The van der Waals surface area contributed by atoms with E-state index in [2.05, 4.69) is 31.2 Å². The summed E-state index contributed by atoms with van der Waals surface area (Å²) in [6.07, 6.45) is 5.11. The van der Waals surface area contributed by atoms with Crippen molar-refractivity contribution in [1.82, 2.24) is 29.7 Å². The molecular weight excluding hydrogens is 358 g/mol. The second-order valence-electron chi connectivity index (χ2n) is 6.19. The summed E-state index contributed by atoms with van der Waals surface area (Å²) in [5.41, 5.74) is 9.08. The Labute approximate surface area is 158 Å². The molecule has 0 saturated heterocycles. The van der Waals surface area contributed by atoms with E-state index in [-0.39, 0.29) is 0 Å². The number of hydrogen-bond acceptors (Lipinski definition) is 5. The Morgan fingerprint density at radius 1 is 1.21 bits per heavy atom. The van der Waals surface area contributed by atoms with Crippen molar-refractivity contribution in [3.63, 3.8) is 0 Å². The highest BCUT2D eigenvalue weighted by atomic mass is 16.4. The summed E-state index contributed by atoms with van der Waals surface area (Å²) in [5.74, 6) is -0.561. The first-order valence-corrected chi connectivity index (χ1v) is 8.40. The van der Waals surface area contributed by atoms with Gasteiger partial charge in [-0.15, -0.1) is 0 Å². The van der Waals surface area contributed by atoms with Gasteiger partial charge in [-0.05, 0) is 30.3 Å². The maximum Gasteiger partial charge on any atom is 0.335 e. The average Bonchev–Trinajstić information content (AvgIpc) is 3.40. The third-order valence-corrected chi connectivity index (χ3v) is 4.35. The Morgan fingerprint density at radius 2 is 2.07 bits per heavy atom. The highest BCUT2D eigenvalue weighted by Gasteiger charge is 2.13. The predicted molar refractivity (Wildman–Crippen MR) is 106 cm³/mol. The zero-order valence-electron chi connectivity index (χ0n) is 14.9. The van der Waals surface area contributed by atoms with Crippen LogP contribution in [0, 0.1) is 0 Å². The summed E-state index contributed by atoms with van der Waals surface area (Å²) in [4.78, 5) is 22.3. The average molecular weight is 375 g/mol. The zero-order valence-corrected chi connectivity index (χ0v) is 14.9. The van der Waals surface area contributed by atoms with Gasteiger partial charge in [-0.2, -0.15) is 5.10 Å². The molecule has 28 heavy (non-hydrogen) atoms. The molecule has 140 valence electrons. The largest absolute Gasteiger partial charge is 0.478 e. The molecule has 5 N–H and O–H groups in total. The van der Waals surface area contributed by atoms with E-state index in [0.717, 1.165) is 33.2 Å². The number of anilines is 1. The van der Waals surface area contributed by atoms with Crippen LogP contribution >= 0.6 is 0 Å². The third-order valence-electron chi connectivity index (χ3n) is 4.35. The van der Waals surface area contributed by atoms with Gasteiger partial charge in [0.25, 0.3) is 0 Å². The standard InChI is InChI=1S/C17H13N3O2.C2H4N4/c1-20-9-13(12-5-4-11(17(21)22)8-15(12)20)14-7-10-3-2-6-18-16(10)19-14;3-2-4-1-5-6-2/h2-9H,1H3,(H,18,19)(H,21,22);1H,(H3,3,4,5,6). The Kier molecular flexibility index (Phi) is 4.24. The first-order valence-electron chi connectivity index (χ1n) is 8.40. The van der Waals surface area contributed by atoms with E-state index >= 15 is 0 Å². The molecule has 0 aliphatic rings. The molecule has 0 spiro atoms. The van der Waals surface area contributed by atoms with Crippen LogP contribution in [-0.2, 0) is 7.05 Å². The number of aromatic carboxylic acids is 1. The van der Waals surface area contributed by atoms with Crippen LogP contribution in [0.15, 0.2) is 55.1 Å². The van der Waals surface area contributed by atoms with Crippen molar-refractivity contribution in [3.05, 3.63) is 60.7 Å². The van der Waals surface area contributed by atoms with Gasteiger partial charge in [0, 0.05) is 47.0 Å². The van der Waals surface area contributed by atoms with Crippen LogP contribution in [0.2, 0.25) is 0 Å². The summed E-state index contributed by atoms with van der Waals surface area (Å²) in [7, 11) is 1.92. The number of aromatic nitrogens is 6. The number of nitrogens with zero attached hydrogens (tertiary/aromatic N) is 4. The van der Waals surface area contributed by atoms with Gasteiger partial charge >= 0.3 is 5.97 Å². The number of rotatable bonds is 2. The molecule has 5 aromatic rings. The molecule has 1 aromatic carbocycles. The SMILES string of the molecule is Cn1cc(-c2cc3cccnc3[nH]2)c2ccc(C(=O)O)cc21.Nc1ncn[nH]1. The number of hydrogen-bond donors (Lipinski definition) is 4. The van der Waals surface area contributed by atoms with E-state index in [1.54, 1.807) is 18.3 Å². The van der Waals surface area contributed by atoms with Crippen LogP contribution in [0.1, 0.15) is 10.4 Å². The van der Waals surface area contributed by atoms with Gasteiger partial charge in [0.2, 0.25) is 5.95 Å². The van der Waals surface area contributed by atoms with Crippen molar-refractivity contribution in [2.24, 2.45) is 7.05 Å². The van der Waals surface area contributed by atoms with Crippen molar-refractivity contribution in [2.45, 2.75) is 0 Å². The first kappa shape index (κ1) is 17.3. The number of pyridine rings is 1. The fourth-order valence-electron chi connectivity index (χ4n) is 3.05. The first-order chi connectivity index (χ1) is 13.5. The number of carboxylic acids is 1. The number of fused-ring (bicyclic) bond motifs is 2. The van der Waals surface area contributed by atoms with Crippen LogP contribution in [0.5, 0.6) is 0 Å². The molecule has 0 bridgehead atoms. The molecule has 0 atom stereocenters. The third kappa shape index (κ3) is 3.16. The van der Waals surface area contributed by atoms with E-state index in [4.69, 9.17) is 10.8 Å². The number of carboxylic acid groups (broad SMARTS) is 1. The summed E-state index contributed by atoms with van der Waals surface area (Å²) in [6, 6.07) is 11.2. The van der Waals surface area contributed by atoms with Crippen LogP contribution in [0.3, 0.4) is 0 Å². The van der Waals surface area contributed by atoms with Gasteiger partial charge in [-0.1, -0.05) is 6.07 Å². The van der Waals surface area contributed by atoms with Gasteiger partial charge in [0.1, 0.15) is 12.0 Å². The highest BCUT2D eigenvalue weighted by molar-refractivity contribution is 6.01. The Bertz CT molecular complexity index is 1240. The van der Waals surface area contributed by atoms with Crippen LogP contribution in [0.25, 0.3) is 33.2 Å². The number of nitrogens with one attached hydrogen (secondary N) is 2. The topological polar surface area (TPSA) is 138 Å². The van der Waals surface area contributed by atoms with Crippen molar-refractivity contribution >= 4 is 33.9 Å². The molecule has 0 unspecified atom stereocenters. The number of carbonyl (C=O) groups is 1. The molecule has 0 radical (unpaired) electrons. The van der Waals surface area contributed by atoms with Gasteiger partial charge in [0.05, 0.1) is 5.56 Å². The van der Waals surface area contributed by atoms with Crippen LogP contribution < -0.4 is 5.73 Å². The summed E-state index contributed by atoms with van der Waals surface area (Å²) in [5, 5.41) is 17.1. The lowest BCUT2D eigenvalue weighted by molar-refractivity contribution is 0.0697. The number of aromatic amines is 2. The molecule has 0 saturated carbocycles. The summed E-state index contributed by atoms with van der Waals surface area (Å²) in [6.45, 7) is 0. The fourth-order valence-corrected chi connectivity index (χ4v) is 3.05. The number of aryl methyl sites for hydroxylation is 1. The number of benzene rings is 1. The lowest BCUT2D eigenvalue weighted by atomic mass is 10.1. The lowest BCUT2D eigenvalue weighted by Gasteiger charge is -1.99. The van der Waals surface area contributed by atoms with E-state index in [9.17, 15) is 4.79 Å². The van der Waals surface area contributed by atoms with E-state index in [1.165, 1.54) is 6.33 Å². The Hall–Kier alpha value is -4.14. The maximum atomic E-state index is 11.1. The number of H-pyrrole nitrogens is 2. The minimum Gasteiger partial charge on any atom is -0.478 e. The quantitative estimate of drug-likeness (QED) is 0.374. The van der Waals surface area contributed by atoms with Crippen LogP contribution in [-0.4, -0.2) is 40.8 Å². The normalized spacial score (nSPS) is 10.8. The minimum atomic E-state index is -0.917. The minimum absolute atomic E-state index is 0.290. The molecule has 0 fully saturated rings. The van der Waals surface area contributed by atoms with Gasteiger partial charge < -0.3 is 20.4 Å². The highest BCUT2D eigenvalue weighted by Crippen LogP contribution is 2.31. The predicted octanol–water partition coefficient (Wildman–Crippen LogP) is 2.81. The monoisotopic (exact) mass is 375 g/mol. The van der Waals surface area contributed by atoms with Crippen molar-refractivity contribution < 1.29 is 9.90 Å². The molecule has 0 aliphatic carbocycles. The van der Waals surface area contributed by atoms with Gasteiger partial charge in [-0.3, -0.25) is 0 Å².